The van der Waals surface area contributed by atoms with Gasteiger partial charge in [-0.15, -0.1) is 0 Å². The summed E-state index contributed by atoms with van der Waals surface area (Å²) >= 11 is 0. The highest BCUT2D eigenvalue weighted by molar-refractivity contribution is 5.74. The average Bonchev–Trinajstić information content (AvgIpc) is 2.50. The van der Waals surface area contributed by atoms with Crippen LogP contribution in [0.5, 0.6) is 5.75 Å². The van der Waals surface area contributed by atoms with Gasteiger partial charge in [-0.05, 0) is 41.9 Å². The van der Waals surface area contributed by atoms with E-state index in [0.29, 0.717) is 24.3 Å². The van der Waals surface area contributed by atoms with Crippen molar-refractivity contribution < 1.29 is 9.53 Å². The van der Waals surface area contributed by atoms with Crippen LogP contribution < -0.4 is 10.1 Å². The molecule has 2 rings (SSSR count). The van der Waals surface area contributed by atoms with E-state index in [2.05, 4.69) is 33.0 Å². The predicted octanol–water partition coefficient (Wildman–Crippen LogP) is 3.91. The smallest absolute Gasteiger partial charge is 0.317 e. The molecule has 1 heterocycles. The highest BCUT2D eigenvalue weighted by Gasteiger charge is 2.25. The highest BCUT2D eigenvalue weighted by Crippen LogP contribution is 2.21. The molecule has 1 aliphatic heterocycles. The van der Waals surface area contributed by atoms with Gasteiger partial charge in [-0.25, -0.2) is 4.79 Å². The van der Waals surface area contributed by atoms with Crippen LogP contribution in [0.25, 0.3) is 0 Å². The predicted molar refractivity (Wildman–Crippen MR) is 93.5 cm³/mol. The Balaban J connectivity index is 1.79. The molecule has 0 radical (unpaired) electrons. The zero-order valence-electron chi connectivity index (χ0n) is 14.8. The van der Waals surface area contributed by atoms with Crippen LogP contribution in [0.15, 0.2) is 24.3 Å². The number of rotatable bonds is 5. The van der Waals surface area contributed by atoms with Gasteiger partial charge < -0.3 is 15.0 Å². The first-order valence-electron chi connectivity index (χ1n) is 8.68. The van der Waals surface area contributed by atoms with Gasteiger partial charge in [0.25, 0.3) is 0 Å². The van der Waals surface area contributed by atoms with E-state index < -0.39 is 0 Å². The minimum absolute atomic E-state index is 0.0449. The number of benzene rings is 1. The van der Waals surface area contributed by atoms with Crippen LogP contribution in [0, 0.1) is 17.8 Å². The molecule has 0 aromatic heterocycles. The van der Waals surface area contributed by atoms with Crippen LogP contribution in [-0.2, 0) is 6.54 Å². The quantitative estimate of drug-likeness (QED) is 0.894. The standard InChI is InChI=1S/C19H30N2O2/c1-14(2)13-23-18-7-5-17(6-8-18)10-20-19(22)21-11-15(3)9-16(4)12-21/h5-8,14-16H,9-13H2,1-4H3,(H,20,22). The first-order valence-corrected chi connectivity index (χ1v) is 8.68. The molecule has 1 aliphatic rings. The molecule has 1 fully saturated rings. The van der Waals surface area contributed by atoms with Crippen LogP contribution in [-0.4, -0.2) is 30.6 Å². The van der Waals surface area contributed by atoms with Crippen molar-refractivity contribution >= 4 is 6.03 Å². The van der Waals surface area contributed by atoms with Gasteiger partial charge in [-0.1, -0.05) is 39.8 Å². The largest absolute Gasteiger partial charge is 0.493 e. The second-order valence-corrected chi connectivity index (χ2v) is 7.36. The summed E-state index contributed by atoms with van der Waals surface area (Å²) in [6.45, 7) is 11.7. The molecular formula is C19H30N2O2. The maximum atomic E-state index is 12.3. The van der Waals surface area contributed by atoms with E-state index in [-0.39, 0.29) is 6.03 Å². The molecule has 0 aliphatic carbocycles. The molecule has 2 amide bonds. The number of nitrogens with one attached hydrogen (secondary N) is 1. The molecule has 0 bridgehead atoms. The lowest BCUT2D eigenvalue weighted by molar-refractivity contribution is 0.146. The number of carbonyl (C=O) groups excluding carboxylic acids is 1. The van der Waals surface area contributed by atoms with E-state index in [1.54, 1.807) is 0 Å². The Morgan fingerprint density at radius 3 is 2.39 bits per heavy atom. The number of ether oxygens (including phenoxy) is 1. The lowest BCUT2D eigenvalue weighted by atomic mass is 9.92. The van der Waals surface area contributed by atoms with Gasteiger partial charge in [0, 0.05) is 19.6 Å². The third-order valence-corrected chi connectivity index (χ3v) is 4.11. The molecule has 1 aromatic rings. The van der Waals surface area contributed by atoms with Crippen LogP contribution in [0.3, 0.4) is 0 Å². The zero-order chi connectivity index (χ0) is 16.8. The molecule has 128 valence electrons. The highest BCUT2D eigenvalue weighted by atomic mass is 16.5. The van der Waals surface area contributed by atoms with Gasteiger partial charge in [-0.2, -0.15) is 0 Å². The molecule has 2 atom stereocenters. The Kier molecular flexibility index (Phi) is 6.31. The second-order valence-electron chi connectivity index (χ2n) is 7.36. The first-order chi connectivity index (χ1) is 10.9. The molecule has 1 aromatic carbocycles. The Bertz CT molecular complexity index is 489. The van der Waals surface area contributed by atoms with Crippen LogP contribution in [0.1, 0.15) is 39.7 Å². The molecule has 23 heavy (non-hydrogen) atoms. The summed E-state index contributed by atoms with van der Waals surface area (Å²) in [6, 6.07) is 8.00. The van der Waals surface area contributed by atoms with E-state index in [4.69, 9.17) is 4.74 Å². The third-order valence-electron chi connectivity index (χ3n) is 4.11. The van der Waals surface area contributed by atoms with Crippen molar-refractivity contribution in [2.45, 2.75) is 40.7 Å². The molecule has 4 nitrogen and oxygen atoms in total. The number of hydrogen-bond acceptors (Lipinski definition) is 2. The summed E-state index contributed by atoms with van der Waals surface area (Å²) in [5, 5.41) is 3.03. The van der Waals surface area contributed by atoms with Crippen LogP contribution in [0.4, 0.5) is 4.79 Å². The van der Waals surface area contributed by atoms with E-state index in [9.17, 15) is 4.79 Å². The maximum Gasteiger partial charge on any atom is 0.317 e. The van der Waals surface area contributed by atoms with Crippen molar-refractivity contribution in [3.63, 3.8) is 0 Å². The SMILES string of the molecule is CC(C)COc1ccc(CNC(=O)N2CC(C)CC(C)C2)cc1. The van der Waals surface area contributed by atoms with Crippen LogP contribution >= 0.6 is 0 Å². The number of likely N-dealkylation sites (tertiary alicyclic amines) is 1. The third kappa shape index (κ3) is 5.77. The van der Waals surface area contributed by atoms with Gasteiger partial charge in [-0.3, -0.25) is 0 Å². The summed E-state index contributed by atoms with van der Waals surface area (Å²) in [4.78, 5) is 14.2. The Morgan fingerprint density at radius 2 is 1.83 bits per heavy atom. The van der Waals surface area contributed by atoms with E-state index >= 15 is 0 Å². The van der Waals surface area contributed by atoms with Crippen molar-refractivity contribution in [1.82, 2.24) is 10.2 Å². The van der Waals surface area contributed by atoms with E-state index in [0.717, 1.165) is 31.0 Å². The molecule has 1 N–H and O–H groups in total. The fraction of sp³-hybridized carbons (Fsp3) is 0.632. The number of nitrogens with zero attached hydrogens (tertiary/aromatic N) is 1. The summed E-state index contributed by atoms with van der Waals surface area (Å²) in [5.41, 5.74) is 1.09. The molecule has 0 spiro atoms. The average molecular weight is 318 g/mol. The van der Waals surface area contributed by atoms with Gasteiger partial charge >= 0.3 is 6.03 Å². The topological polar surface area (TPSA) is 41.6 Å². The fourth-order valence-corrected chi connectivity index (χ4v) is 3.08. The summed E-state index contributed by atoms with van der Waals surface area (Å²) in [7, 11) is 0. The normalized spacial score (nSPS) is 21.3. The van der Waals surface area contributed by atoms with Gasteiger partial charge in [0.2, 0.25) is 0 Å². The minimum Gasteiger partial charge on any atom is -0.493 e. The fourth-order valence-electron chi connectivity index (χ4n) is 3.08. The Morgan fingerprint density at radius 1 is 1.22 bits per heavy atom. The van der Waals surface area contributed by atoms with Gasteiger partial charge in [0.1, 0.15) is 5.75 Å². The summed E-state index contributed by atoms with van der Waals surface area (Å²) in [5.74, 6) is 2.57. The number of amides is 2. The Hall–Kier alpha value is -1.71. The summed E-state index contributed by atoms with van der Waals surface area (Å²) < 4.78 is 5.67. The number of hydrogen-bond donors (Lipinski definition) is 1. The molecule has 0 saturated carbocycles. The minimum atomic E-state index is 0.0449. The van der Waals surface area contributed by atoms with Gasteiger partial charge in [0.15, 0.2) is 0 Å². The number of carbonyl (C=O) groups is 1. The van der Waals surface area contributed by atoms with E-state index in [1.807, 2.05) is 29.2 Å². The molecule has 2 unspecified atom stereocenters. The van der Waals surface area contributed by atoms with Crippen molar-refractivity contribution in [3.05, 3.63) is 29.8 Å². The Labute approximate surface area is 140 Å². The van der Waals surface area contributed by atoms with Crippen LogP contribution in [0.2, 0.25) is 0 Å². The van der Waals surface area contributed by atoms with E-state index in [1.165, 1.54) is 6.42 Å². The first kappa shape index (κ1) is 17.6. The van der Waals surface area contributed by atoms with Crippen molar-refractivity contribution in [2.75, 3.05) is 19.7 Å². The molecule has 4 heteroatoms. The maximum absolute atomic E-state index is 12.3. The number of urea groups is 1. The van der Waals surface area contributed by atoms with Crippen molar-refractivity contribution in [3.8, 4) is 5.75 Å². The van der Waals surface area contributed by atoms with Crippen molar-refractivity contribution in [2.24, 2.45) is 17.8 Å². The number of piperidine rings is 1. The molecule has 1 saturated heterocycles. The lowest BCUT2D eigenvalue weighted by Crippen LogP contribution is -2.47. The summed E-state index contributed by atoms with van der Waals surface area (Å²) in [6.07, 6.45) is 1.21. The van der Waals surface area contributed by atoms with Gasteiger partial charge in [0.05, 0.1) is 6.61 Å². The van der Waals surface area contributed by atoms with Crippen molar-refractivity contribution in [1.29, 1.82) is 0 Å². The lowest BCUT2D eigenvalue weighted by Gasteiger charge is -2.34. The molecular weight excluding hydrogens is 288 g/mol. The monoisotopic (exact) mass is 318 g/mol. The zero-order valence-corrected chi connectivity index (χ0v) is 14.8. The second kappa shape index (κ2) is 8.23.